The number of ether oxygens (including phenoxy) is 1. The number of carboxylic acid groups (broad SMARTS) is 2. The van der Waals surface area contributed by atoms with E-state index >= 15 is 0 Å². The Kier molecular flexibility index (Phi) is 24.1. The number of esters is 1. The van der Waals surface area contributed by atoms with Gasteiger partial charge in [0.05, 0.1) is 26.2 Å². The third kappa shape index (κ3) is 21.3. The maximum Gasteiger partial charge on any atom is 0.317 e. The van der Waals surface area contributed by atoms with E-state index in [2.05, 4.69) is 10.6 Å². The van der Waals surface area contributed by atoms with Crippen LogP contribution in [0.2, 0.25) is 0 Å². The summed E-state index contributed by atoms with van der Waals surface area (Å²) in [4.78, 5) is 77.0. The van der Waals surface area contributed by atoms with Crippen LogP contribution in [0.1, 0.15) is 97.3 Å². The fourth-order valence-corrected chi connectivity index (χ4v) is 5.94. The number of fused-ring (bicyclic) bond motifs is 1. The average molecular weight is 838 g/mol. The molecular weight excluding hydrogens is 780 g/mol. The predicted molar refractivity (Wildman–Crippen MR) is 178 cm³/mol. The van der Waals surface area contributed by atoms with Crippen molar-refractivity contribution in [3.05, 3.63) is 6.23 Å². The average Bonchev–Trinajstić information content (AvgIpc) is 3.37. The Morgan fingerprint density at radius 1 is 0.796 bits per heavy atom. The van der Waals surface area contributed by atoms with E-state index in [9.17, 15) is 39.0 Å². The number of hydrogen-bond acceptors (Lipinski definition) is 10. The number of carboxylic acids is 2. The van der Waals surface area contributed by atoms with E-state index in [1.165, 1.54) is 19.3 Å². The fourth-order valence-electron chi connectivity index (χ4n) is 5.94. The van der Waals surface area contributed by atoms with Crippen molar-refractivity contribution < 1.29 is 83.7 Å². The fraction of sp³-hybridized carbons (Fsp3) is 0.794. The molecule has 14 nitrogen and oxygen atoms in total. The van der Waals surface area contributed by atoms with E-state index in [1.54, 1.807) is 9.80 Å². The predicted octanol–water partition coefficient (Wildman–Crippen LogP) is 2.27. The molecule has 0 aromatic rings. The van der Waals surface area contributed by atoms with Crippen molar-refractivity contribution in [3.8, 4) is 0 Å². The molecule has 1 unspecified atom stereocenters. The molecule has 0 spiro atoms. The molecule has 1 atom stereocenters. The van der Waals surface area contributed by atoms with Crippen LogP contribution in [0.25, 0.3) is 0 Å². The van der Waals surface area contributed by atoms with Crippen LogP contribution in [0.4, 0.5) is 0 Å². The number of nitrogens with one attached hydrogen (secondary N) is 2. The van der Waals surface area contributed by atoms with Gasteiger partial charge < -0.3 is 35.4 Å². The van der Waals surface area contributed by atoms with Crippen LogP contribution in [0.5, 0.6) is 0 Å². The molecule has 4 N–H and O–H groups in total. The van der Waals surface area contributed by atoms with Crippen LogP contribution in [0.3, 0.4) is 0 Å². The zero-order valence-electron chi connectivity index (χ0n) is 29.4. The molecule has 49 heavy (non-hydrogen) atoms. The van der Waals surface area contributed by atoms with E-state index in [0.717, 1.165) is 38.5 Å². The molecule has 0 aliphatic carbocycles. The van der Waals surface area contributed by atoms with Crippen LogP contribution in [-0.4, -0.2) is 126 Å². The second-order valence-corrected chi connectivity index (χ2v) is 13.4. The van der Waals surface area contributed by atoms with Gasteiger partial charge in [0.15, 0.2) is 0 Å². The molecule has 2 rings (SSSR count). The van der Waals surface area contributed by atoms with E-state index in [-0.39, 0.29) is 103 Å². The summed E-state index contributed by atoms with van der Waals surface area (Å²) < 4.78 is 5.37. The molecule has 0 aromatic carbocycles. The van der Waals surface area contributed by atoms with Crippen molar-refractivity contribution in [2.24, 2.45) is 11.8 Å². The van der Waals surface area contributed by atoms with Crippen LogP contribution < -0.4 is 10.6 Å². The molecule has 0 radical (unpaired) electrons. The van der Waals surface area contributed by atoms with Gasteiger partial charge in [0.25, 0.3) is 5.97 Å². The first-order chi connectivity index (χ1) is 22.9. The minimum Gasteiger partial charge on any atom is -0.617 e. The Hall–Kier alpha value is -1.78. The van der Waals surface area contributed by atoms with Crippen molar-refractivity contribution in [1.82, 2.24) is 25.3 Å². The molecule has 2 amide bonds. The third-order valence-corrected chi connectivity index (χ3v) is 8.86. The van der Waals surface area contributed by atoms with Gasteiger partial charge in [-0.3, -0.25) is 33.7 Å². The number of carbonyl (C=O) groups is 6. The maximum absolute atomic E-state index is 12.8. The summed E-state index contributed by atoms with van der Waals surface area (Å²) in [6, 6.07) is 0. The maximum atomic E-state index is 12.8. The number of nitrogens with zero attached hydrogens (tertiary/aromatic N) is 3. The summed E-state index contributed by atoms with van der Waals surface area (Å²) in [6.07, 6.45) is 11.7. The molecule has 2 heterocycles. The molecule has 0 bridgehead atoms. The Labute approximate surface area is 323 Å². The molecule has 282 valence electrons. The van der Waals surface area contributed by atoms with Crippen molar-refractivity contribution in [1.29, 1.82) is 0 Å². The SMILES string of the molecule is CC(C)C(=O)CCCCCCCCCCCNC(=O)CNC(=O)CN1CCC(CC(=O)O)CCN(CC(=O)O)C[C-]2OC(=O)CN2CC1.[Gd]. The first-order valence-corrected chi connectivity index (χ1v) is 17.7. The Morgan fingerprint density at radius 2 is 1.41 bits per heavy atom. The summed E-state index contributed by atoms with van der Waals surface area (Å²) in [5, 5.41) is 24.3. The van der Waals surface area contributed by atoms with Gasteiger partial charge in [0, 0.05) is 71.8 Å². The molecule has 2 fully saturated rings. The number of amides is 2. The normalized spacial score (nSPS) is 18.4. The van der Waals surface area contributed by atoms with Crippen LogP contribution in [0, 0.1) is 58.0 Å². The van der Waals surface area contributed by atoms with E-state index in [0.29, 0.717) is 64.0 Å². The standard InChI is InChI=1S/C34H58N5O9.Gd/c1-26(2)28(40)12-10-8-6-4-3-5-7-9-11-15-35-29(41)21-36-30(42)22-37-16-13-27(20-32(43)44)14-17-38(24-33(45)46)23-31-39(19-18-37)25-34(47)48-31;/h26-27H,3-25H2,1-2H3,(H,35,41)(H,36,42)(H,43,44)(H,45,46);/q-1;. The van der Waals surface area contributed by atoms with E-state index < -0.39 is 17.9 Å². The van der Waals surface area contributed by atoms with Gasteiger partial charge in [-0.1, -0.05) is 71.6 Å². The van der Waals surface area contributed by atoms with Gasteiger partial charge in [-0.05, 0) is 51.2 Å². The van der Waals surface area contributed by atoms with Crippen molar-refractivity contribution in [2.45, 2.75) is 97.3 Å². The van der Waals surface area contributed by atoms with Gasteiger partial charge in [-0.25, -0.2) is 0 Å². The monoisotopic (exact) mass is 838 g/mol. The number of ketones is 1. The Balaban J connectivity index is 0.0000120. The molecular formula is C34H58GdN5O9-. The van der Waals surface area contributed by atoms with Crippen molar-refractivity contribution in [2.75, 3.05) is 65.4 Å². The quantitative estimate of drug-likeness (QED) is 0.0753. The summed E-state index contributed by atoms with van der Waals surface area (Å²) in [5.74, 6) is -2.75. The van der Waals surface area contributed by atoms with Crippen LogP contribution >= 0.6 is 0 Å². The number of Topliss-reactive ketones (excluding diaryl/α,β-unsaturated/α-hetero) is 1. The summed E-state index contributed by atoms with van der Waals surface area (Å²) >= 11 is 0. The molecule has 15 heteroatoms. The van der Waals surface area contributed by atoms with Gasteiger partial charge in [-0.2, -0.15) is 0 Å². The van der Waals surface area contributed by atoms with Gasteiger partial charge in [0.1, 0.15) is 5.78 Å². The molecule has 2 aliphatic heterocycles. The Bertz CT molecular complexity index is 1050. The first-order valence-electron chi connectivity index (χ1n) is 17.7. The third-order valence-electron chi connectivity index (χ3n) is 8.86. The van der Waals surface area contributed by atoms with Crippen LogP contribution in [-0.2, 0) is 33.5 Å². The number of carbonyl (C=O) groups excluding carboxylic acids is 4. The number of hydrogen-bond donors (Lipinski definition) is 4. The minimum atomic E-state index is -1.03. The van der Waals surface area contributed by atoms with Crippen molar-refractivity contribution >= 4 is 35.5 Å². The van der Waals surface area contributed by atoms with Gasteiger partial charge >= 0.3 is 11.9 Å². The topological polar surface area (TPSA) is 186 Å². The molecule has 0 aromatic heterocycles. The number of aliphatic carboxylic acids is 2. The number of rotatable bonds is 21. The molecule has 0 saturated carbocycles. The first kappa shape index (κ1) is 45.2. The van der Waals surface area contributed by atoms with E-state index in [1.807, 2.05) is 18.7 Å². The largest absolute Gasteiger partial charge is 0.617 e. The van der Waals surface area contributed by atoms with Crippen LogP contribution in [0.15, 0.2) is 0 Å². The van der Waals surface area contributed by atoms with Gasteiger partial charge in [-0.15, -0.1) is 0 Å². The summed E-state index contributed by atoms with van der Waals surface area (Å²) in [6.45, 7) is 5.68. The zero-order chi connectivity index (χ0) is 35.3. The zero-order valence-corrected chi connectivity index (χ0v) is 31.6. The molecule has 2 saturated heterocycles. The Morgan fingerprint density at radius 3 is 2.02 bits per heavy atom. The minimum absolute atomic E-state index is 0. The number of unbranched alkanes of at least 4 members (excludes halogenated alkanes) is 8. The molecule has 2 aliphatic rings. The second-order valence-electron chi connectivity index (χ2n) is 13.4. The van der Waals surface area contributed by atoms with E-state index in [4.69, 9.17) is 4.74 Å². The summed E-state index contributed by atoms with van der Waals surface area (Å²) in [7, 11) is 0. The smallest absolute Gasteiger partial charge is 0.317 e. The van der Waals surface area contributed by atoms with Crippen molar-refractivity contribution in [3.63, 3.8) is 0 Å². The second kappa shape index (κ2) is 26.1. The summed E-state index contributed by atoms with van der Waals surface area (Å²) in [5.41, 5.74) is 0. The van der Waals surface area contributed by atoms with Gasteiger partial charge in [0.2, 0.25) is 11.8 Å².